The van der Waals surface area contributed by atoms with Crippen LogP contribution in [0.1, 0.15) is 27.6 Å². The fourth-order valence-electron chi connectivity index (χ4n) is 1.81. The number of benzene rings is 2. The lowest BCUT2D eigenvalue weighted by molar-refractivity contribution is -0.129. The van der Waals surface area contributed by atoms with Crippen molar-refractivity contribution in [1.29, 1.82) is 0 Å². The second-order valence-electron chi connectivity index (χ2n) is 4.98. The van der Waals surface area contributed by atoms with Crippen molar-refractivity contribution >= 4 is 41.0 Å². The zero-order chi connectivity index (χ0) is 18.4. The molecule has 0 fully saturated rings. The van der Waals surface area contributed by atoms with Gasteiger partial charge in [-0.2, -0.15) is 0 Å². The number of amides is 2. The summed E-state index contributed by atoms with van der Waals surface area (Å²) in [5.41, 5.74) is 4.84. The van der Waals surface area contributed by atoms with Gasteiger partial charge >= 0.3 is 5.97 Å². The van der Waals surface area contributed by atoms with Crippen molar-refractivity contribution in [1.82, 2.24) is 10.9 Å². The number of carbonyl (C=O) groups is 3. The topological polar surface area (TPSA) is 84.5 Å². The van der Waals surface area contributed by atoms with Gasteiger partial charge in [-0.1, -0.05) is 41.4 Å². The molecule has 0 saturated heterocycles. The lowest BCUT2D eigenvalue weighted by Gasteiger charge is -2.14. The molecule has 130 valence electrons. The second-order valence-corrected chi connectivity index (χ2v) is 5.82. The molecule has 0 aliphatic rings. The maximum Gasteiger partial charge on any atom is 0.340 e. The molecule has 2 rings (SSSR count). The first kappa shape index (κ1) is 18.8. The van der Waals surface area contributed by atoms with Crippen molar-refractivity contribution in [2.75, 3.05) is 0 Å². The smallest absolute Gasteiger partial charge is 0.340 e. The minimum Gasteiger partial charge on any atom is -0.449 e. The normalized spacial score (nSPS) is 11.3. The van der Waals surface area contributed by atoms with E-state index in [4.69, 9.17) is 27.9 Å². The molecular formula is C17H14Cl2N2O4. The molecule has 0 radical (unpaired) electrons. The van der Waals surface area contributed by atoms with E-state index in [0.29, 0.717) is 10.6 Å². The number of halogens is 2. The number of hydrogen-bond acceptors (Lipinski definition) is 4. The Morgan fingerprint density at radius 3 is 2.36 bits per heavy atom. The van der Waals surface area contributed by atoms with Gasteiger partial charge in [-0.3, -0.25) is 20.4 Å². The molecule has 2 aromatic rings. The number of nitrogens with one attached hydrogen (secondary N) is 2. The van der Waals surface area contributed by atoms with Gasteiger partial charge in [0.25, 0.3) is 11.8 Å². The summed E-state index contributed by atoms with van der Waals surface area (Å²) in [5, 5.41) is 0.461. The van der Waals surface area contributed by atoms with Crippen LogP contribution >= 0.6 is 23.2 Å². The Hall–Kier alpha value is -2.57. The molecule has 1 atom stereocenters. The van der Waals surface area contributed by atoms with Crippen LogP contribution in [0.2, 0.25) is 10.0 Å². The zero-order valence-corrected chi connectivity index (χ0v) is 14.6. The minimum absolute atomic E-state index is 0.0436. The number of esters is 1. The van der Waals surface area contributed by atoms with Crippen molar-refractivity contribution in [3.05, 3.63) is 69.7 Å². The van der Waals surface area contributed by atoms with E-state index in [1.165, 1.54) is 25.1 Å². The summed E-state index contributed by atoms with van der Waals surface area (Å²) in [4.78, 5) is 35.8. The number of hydrogen-bond donors (Lipinski definition) is 2. The highest BCUT2D eigenvalue weighted by Crippen LogP contribution is 2.21. The molecule has 2 aromatic carbocycles. The Balaban J connectivity index is 1.90. The van der Waals surface area contributed by atoms with Crippen LogP contribution in [-0.2, 0) is 9.53 Å². The molecule has 6 nitrogen and oxygen atoms in total. The first-order valence-corrected chi connectivity index (χ1v) is 7.95. The molecule has 2 N–H and O–H groups in total. The highest BCUT2D eigenvalue weighted by atomic mass is 35.5. The Labute approximate surface area is 154 Å². The maximum atomic E-state index is 12.1. The van der Waals surface area contributed by atoms with Crippen LogP contribution in [0.25, 0.3) is 0 Å². The zero-order valence-electron chi connectivity index (χ0n) is 13.1. The molecule has 0 aliphatic carbocycles. The van der Waals surface area contributed by atoms with E-state index in [9.17, 15) is 14.4 Å². The average Bonchev–Trinajstić information content (AvgIpc) is 2.61. The highest BCUT2D eigenvalue weighted by molar-refractivity contribution is 6.35. The lowest BCUT2D eigenvalue weighted by Crippen LogP contribution is -2.46. The van der Waals surface area contributed by atoms with Gasteiger partial charge in [0, 0.05) is 10.6 Å². The molecule has 25 heavy (non-hydrogen) atoms. The monoisotopic (exact) mass is 380 g/mol. The van der Waals surface area contributed by atoms with Gasteiger partial charge in [0.1, 0.15) is 0 Å². The van der Waals surface area contributed by atoms with Crippen molar-refractivity contribution in [2.45, 2.75) is 13.0 Å². The van der Waals surface area contributed by atoms with Crippen LogP contribution in [0.3, 0.4) is 0 Å². The predicted molar refractivity (Wildman–Crippen MR) is 93.4 cm³/mol. The largest absolute Gasteiger partial charge is 0.449 e. The molecule has 0 aromatic heterocycles. The number of rotatable bonds is 4. The van der Waals surface area contributed by atoms with E-state index >= 15 is 0 Å². The van der Waals surface area contributed by atoms with Crippen LogP contribution < -0.4 is 10.9 Å². The van der Waals surface area contributed by atoms with E-state index in [1.54, 1.807) is 30.3 Å². The summed E-state index contributed by atoms with van der Waals surface area (Å²) in [5.74, 6) is -1.99. The molecular weight excluding hydrogens is 367 g/mol. The quantitative estimate of drug-likeness (QED) is 0.630. The van der Waals surface area contributed by atoms with Gasteiger partial charge in [0.2, 0.25) is 0 Å². The molecule has 0 spiro atoms. The fourth-order valence-corrected chi connectivity index (χ4v) is 2.18. The Morgan fingerprint density at radius 1 is 1.00 bits per heavy atom. The average molecular weight is 381 g/mol. The molecule has 2 amide bonds. The Bertz CT molecular complexity index is 796. The minimum atomic E-state index is -1.15. The third-order valence-corrected chi connectivity index (χ3v) is 3.70. The standard InChI is InChI=1S/C17H14Cl2N2O4/c1-10(25-17(24)13-9-12(18)7-8-14(13)19)15(22)20-21-16(23)11-5-3-2-4-6-11/h2-10H,1H3,(H,20,22)(H,21,23)/t10-/m0/s1. The van der Waals surface area contributed by atoms with Gasteiger partial charge in [0.15, 0.2) is 6.10 Å². The fraction of sp³-hybridized carbons (Fsp3) is 0.118. The van der Waals surface area contributed by atoms with E-state index < -0.39 is 23.9 Å². The van der Waals surface area contributed by atoms with Crippen molar-refractivity contribution < 1.29 is 19.1 Å². The van der Waals surface area contributed by atoms with E-state index in [2.05, 4.69) is 10.9 Å². The molecule has 0 heterocycles. The molecule has 8 heteroatoms. The SMILES string of the molecule is C[C@H](OC(=O)c1cc(Cl)ccc1Cl)C(=O)NNC(=O)c1ccccc1. The summed E-state index contributed by atoms with van der Waals surface area (Å²) in [6.45, 7) is 1.36. The Morgan fingerprint density at radius 2 is 1.68 bits per heavy atom. The van der Waals surface area contributed by atoms with Gasteiger partial charge in [-0.25, -0.2) is 4.79 Å². The second kappa shape index (κ2) is 8.50. The lowest BCUT2D eigenvalue weighted by atomic mass is 10.2. The summed E-state index contributed by atoms with van der Waals surface area (Å²) in [6, 6.07) is 12.6. The Kier molecular flexibility index (Phi) is 6.38. The van der Waals surface area contributed by atoms with Gasteiger partial charge in [0.05, 0.1) is 10.6 Å². The summed E-state index contributed by atoms with van der Waals surface area (Å²) in [7, 11) is 0. The molecule has 0 bridgehead atoms. The van der Waals surface area contributed by atoms with Crippen molar-refractivity contribution in [2.24, 2.45) is 0 Å². The molecule has 0 saturated carbocycles. The van der Waals surface area contributed by atoms with Crippen LogP contribution in [0, 0.1) is 0 Å². The third kappa shape index (κ3) is 5.20. The van der Waals surface area contributed by atoms with Crippen LogP contribution in [0.4, 0.5) is 0 Å². The maximum absolute atomic E-state index is 12.1. The predicted octanol–water partition coefficient (Wildman–Crippen LogP) is 3.00. The highest BCUT2D eigenvalue weighted by Gasteiger charge is 2.21. The number of hydrazine groups is 1. The summed E-state index contributed by atoms with van der Waals surface area (Å²) < 4.78 is 5.03. The summed E-state index contributed by atoms with van der Waals surface area (Å²) >= 11 is 11.7. The van der Waals surface area contributed by atoms with E-state index in [-0.39, 0.29) is 10.6 Å². The summed E-state index contributed by atoms with van der Waals surface area (Å²) in [6.07, 6.45) is -1.15. The first-order valence-electron chi connectivity index (χ1n) is 7.19. The third-order valence-electron chi connectivity index (χ3n) is 3.14. The van der Waals surface area contributed by atoms with Crippen LogP contribution in [0.5, 0.6) is 0 Å². The van der Waals surface area contributed by atoms with Crippen molar-refractivity contribution in [3.8, 4) is 0 Å². The van der Waals surface area contributed by atoms with Gasteiger partial charge in [-0.15, -0.1) is 0 Å². The molecule has 0 aliphatic heterocycles. The number of carbonyl (C=O) groups excluding carboxylic acids is 3. The number of ether oxygens (including phenoxy) is 1. The van der Waals surface area contributed by atoms with Gasteiger partial charge in [-0.05, 0) is 37.3 Å². The van der Waals surface area contributed by atoms with Gasteiger partial charge < -0.3 is 4.74 Å². The van der Waals surface area contributed by atoms with E-state index in [1.807, 2.05) is 0 Å². The van der Waals surface area contributed by atoms with Crippen molar-refractivity contribution in [3.63, 3.8) is 0 Å². The van der Waals surface area contributed by atoms with Crippen LogP contribution in [-0.4, -0.2) is 23.9 Å². The van der Waals surface area contributed by atoms with Crippen LogP contribution in [0.15, 0.2) is 48.5 Å². The molecule has 0 unspecified atom stereocenters. The first-order chi connectivity index (χ1) is 11.9. The van der Waals surface area contributed by atoms with E-state index in [0.717, 1.165) is 0 Å².